The van der Waals surface area contributed by atoms with Crippen LogP contribution in [0.4, 0.5) is 0 Å². The highest BCUT2D eigenvalue weighted by atomic mass is 16.5. The van der Waals surface area contributed by atoms with Crippen molar-refractivity contribution in [1.82, 2.24) is 0 Å². The Labute approximate surface area is 183 Å². The van der Waals surface area contributed by atoms with Crippen molar-refractivity contribution in [1.29, 1.82) is 0 Å². The molecule has 3 rings (SSSR count). The number of nitrogens with zero attached hydrogens (tertiary/aromatic N) is 1. The second-order valence-corrected chi connectivity index (χ2v) is 7.27. The molecule has 1 aliphatic heterocycles. The highest BCUT2D eigenvalue weighted by Gasteiger charge is 2.23. The van der Waals surface area contributed by atoms with E-state index in [1.165, 1.54) is 5.56 Å². The molecule has 0 N–H and O–H groups in total. The second kappa shape index (κ2) is 11.0. The zero-order valence-corrected chi connectivity index (χ0v) is 18.9. The van der Waals surface area contributed by atoms with Gasteiger partial charge in [-0.1, -0.05) is 0 Å². The second-order valence-electron chi connectivity index (χ2n) is 7.27. The first-order valence-electron chi connectivity index (χ1n) is 10.3. The molecule has 0 fully saturated rings. The van der Waals surface area contributed by atoms with Gasteiger partial charge in [-0.25, -0.2) is 0 Å². The summed E-state index contributed by atoms with van der Waals surface area (Å²) in [7, 11) is 6.58. The topological polar surface area (TPSA) is 67.7 Å². The van der Waals surface area contributed by atoms with Crippen LogP contribution in [-0.2, 0) is 15.9 Å². The lowest BCUT2D eigenvalue weighted by Crippen LogP contribution is -2.20. The van der Waals surface area contributed by atoms with E-state index in [1.54, 1.807) is 28.4 Å². The molecule has 1 heterocycles. The summed E-state index contributed by atoms with van der Waals surface area (Å²) in [6.07, 6.45) is 0.834. The average molecular weight is 430 g/mol. The molecule has 1 aliphatic rings. The van der Waals surface area contributed by atoms with Gasteiger partial charge in [0.05, 0.1) is 39.2 Å². The maximum atomic E-state index is 5.89. The van der Waals surface area contributed by atoms with Crippen LogP contribution in [0.15, 0.2) is 35.3 Å². The van der Waals surface area contributed by atoms with Crippen LogP contribution in [0.5, 0.6) is 23.0 Å². The largest absolute Gasteiger partial charge is 0.493 e. The fourth-order valence-corrected chi connectivity index (χ4v) is 3.56. The molecule has 1 unspecified atom stereocenters. The first-order chi connectivity index (χ1) is 15.1. The van der Waals surface area contributed by atoms with Crippen molar-refractivity contribution in [2.45, 2.75) is 19.4 Å². The first-order valence-corrected chi connectivity index (χ1v) is 10.3. The van der Waals surface area contributed by atoms with Crippen LogP contribution in [0.1, 0.15) is 23.6 Å². The van der Waals surface area contributed by atoms with Gasteiger partial charge in [-0.3, -0.25) is 4.99 Å². The monoisotopic (exact) mass is 429 g/mol. The number of hydrogen-bond donors (Lipinski definition) is 0. The minimum Gasteiger partial charge on any atom is -0.493 e. The third-order valence-electron chi connectivity index (χ3n) is 5.00. The lowest BCUT2D eigenvalue weighted by atomic mass is 9.90. The Morgan fingerprint density at radius 1 is 0.774 bits per heavy atom. The van der Waals surface area contributed by atoms with Crippen LogP contribution in [0.2, 0.25) is 0 Å². The summed E-state index contributed by atoms with van der Waals surface area (Å²) < 4.78 is 33.0. The molecule has 0 bridgehead atoms. The van der Waals surface area contributed by atoms with Crippen molar-refractivity contribution in [3.63, 3.8) is 0 Å². The van der Waals surface area contributed by atoms with E-state index in [4.69, 9.17) is 33.4 Å². The van der Waals surface area contributed by atoms with Gasteiger partial charge in [0.15, 0.2) is 11.5 Å². The molecule has 7 nitrogen and oxygen atoms in total. The zero-order valence-electron chi connectivity index (χ0n) is 18.9. The summed E-state index contributed by atoms with van der Waals surface area (Å²) in [5, 5.41) is 0. The van der Waals surface area contributed by atoms with Gasteiger partial charge in [-0.05, 0) is 43.2 Å². The minimum atomic E-state index is 0.136. The molecule has 31 heavy (non-hydrogen) atoms. The molecule has 2 aromatic rings. The van der Waals surface area contributed by atoms with Crippen molar-refractivity contribution < 1.29 is 28.4 Å². The van der Waals surface area contributed by atoms with Crippen LogP contribution in [0.25, 0.3) is 0 Å². The van der Waals surface area contributed by atoms with Crippen LogP contribution in [0.3, 0.4) is 0 Å². The predicted octanol–water partition coefficient (Wildman–Crippen LogP) is 3.54. The number of hydrogen-bond acceptors (Lipinski definition) is 7. The first kappa shape index (κ1) is 22.9. The van der Waals surface area contributed by atoms with Crippen molar-refractivity contribution >= 4 is 5.71 Å². The van der Waals surface area contributed by atoms with Crippen LogP contribution < -0.4 is 18.9 Å². The number of ether oxygens (including phenoxy) is 6. The molecule has 0 spiro atoms. The smallest absolute Gasteiger partial charge is 0.161 e. The molecule has 0 aliphatic carbocycles. The van der Waals surface area contributed by atoms with E-state index in [1.807, 2.05) is 30.3 Å². The summed E-state index contributed by atoms with van der Waals surface area (Å²) in [5.41, 5.74) is 3.99. The molecule has 2 aromatic carbocycles. The van der Waals surface area contributed by atoms with E-state index in [-0.39, 0.29) is 6.04 Å². The molecule has 0 radical (unpaired) electrons. The lowest BCUT2D eigenvalue weighted by molar-refractivity contribution is 0.142. The molecule has 0 amide bonds. The molecule has 7 heteroatoms. The van der Waals surface area contributed by atoms with Gasteiger partial charge in [0.2, 0.25) is 0 Å². The van der Waals surface area contributed by atoms with Crippen molar-refractivity contribution in [3.05, 3.63) is 47.0 Å². The van der Waals surface area contributed by atoms with E-state index >= 15 is 0 Å². The molecule has 0 saturated heterocycles. The normalized spacial score (nSPS) is 15.1. The van der Waals surface area contributed by atoms with Crippen LogP contribution in [-0.4, -0.2) is 66.6 Å². The number of benzene rings is 2. The number of fused-ring (bicyclic) bond motifs is 1. The van der Waals surface area contributed by atoms with E-state index in [0.717, 1.165) is 29.0 Å². The van der Waals surface area contributed by atoms with Gasteiger partial charge in [-0.15, -0.1) is 0 Å². The third-order valence-corrected chi connectivity index (χ3v) is 5.00. The third kappa shape index (κ3) is 5.68. The SMILES string of the molecule is COCCOc1cc(OCCOC)cc(C2=NC(C)Cc3cc(OC)c(OC)cc32)c1. The Bertz CT molecular complexity index is 883. The summed E-state index contributed by atoms with van der Waals surface area (Å²) in [6.45, 7) is 4.00. The Hall–Kier alpha value is -2.77. The Morgan fingerprint density at radius 2 is 1.35 bits per heavy atom. The number of methoxy groups -OCH3 is 4. The number of aliphatic imine (C=N–C) groups is 1. The molecular weight excluding hydrogens is 398 g/mol. The van der Waals surface area contributed by atoms with Crippen molar-refractivity contribution in [2.75, 3.05) is 54.9 Å². The predicted molar refractivity (Wildman–Crippen MR) is 120 cm³/mol. The number of rotatable bonds is 11. The standard InChI is InChI=1S/C24H31NO6/c1-16-10-17-13-22(28-4)23(29-5)15-21(17)24(25-16)18-11-19(30-8-6-26-2)14-20(12-18)31-9-7-27-3/h11-16H,6-10H2,1-5H3. The Balaban J connectivity index is 2.03. The molecular formula is C24H31NO6. The maximum Gasteiger partial charge on any atom is 0.161 e. The summed E-state index contributed by atoms with van der Waals surface area (Å²) in [4.78, 5) is 4.96. The van der Waals surface area contributed by atoms with Gasteiger partial charge in [0, 0.05) is 31.4 Å². The van der Waals surface area contributed by atoms with Gasteiger partial charge in [0.1, 0.15) is 24.7 Å². The Kier molecular flexibility index (Phi) is 8.14. The fraction of sp³-hybridized carbons (Fsp3) is 0.458. The summed E-state index contributed by atoms with van der Waals surface area (Å²) in [5.74, 6) is 2.79. The van der Waals surface area contributed by atoms with Crippen LogP contribution >= 0.6 is 0 Å². The highest BCUT2D eigenvalue weighted by molar-refractivity contribution is 6.15. The Morgan fingerprint density at radius 3 is 1.90 bits per heavy atom. The quantitative estimate of drug-likeness (QED) is 0.509. The minimum absolute atomic E-state index is 0.136. The van der Waals surface area contributed by atoms with Gasteiger partial charge < -0.3 is 28.4 Å². The maximum absolute atomic E-state index is 5.89. The van der Waals surface area contributed by atoms with E-state index in [9.17, 15) is 0 Å². The van der Waals surface area contributed by atoms with E-state index < -0.39 is 0 Å². The summed E-state index contributed by atoms with van der Waals surface area (Å²) in [6, 6.07) is 10.00. The van der Waals surface area contributed by atoms with Gasteiger partial charge >= 0.3 is 0 Å². The van der Waals surface area contributed by atoms with Gasteiger partial charge in [0.25, 0.3) is 0 Å². The molecule has 1 atom stereocenters. The van der Waals surface area contributed by atoms with Crippen molar-refractivity contribution in [2.24, 2.45) is 4.99 Å². The lowest BCUT2D eigenvalue weighted by Gasteiger charge is -2.24. The molecule has 168 valence electrons. The molecule has 0 aromatic heterocycles. The highest BCUT2D eigenvalue weighted by Crippen LogP contribution is 2.36. The van der Waals surface area contributed by atoms with Gasteiger partial charge in [-0.2, -0.15) is 0 Å². The average Bonchev–Trinajstić information content (AvgIpc) is 2.77. The van der Waals surface area contributed by atoms with Crippen LogP contribution in [0, 0.1) is 0 Å². The summed E-state index contributed by atoms with van der Waals surface area (Å²) >= 11 is 0. The van der Waals surface area contributed by atoms with Crippen molar-refractivity contribution in [3.8, 4) is 23.0 Å². The molecule has 0 saturated carbocycles. The fourth-order valence-electron chi connectivity index (χ4n) is 3.56. The zero-order chi connectivity index (χ0) is 22.2. The van der Waals surface area contributed by atoms with E-state index in [0.29, 0.717) is 43.7 Å². The van der Waals surface area contributed by atoms with E-state index in [2.05, 4.69) is 6.92 Å².